The van der Waals surface area contributed by atoms with Crippen molar-refractivity contribution in [1.29, 1.82) is 0 Å². The molecule has 0 aliphatic heterocycles. The van der Waals surface area contributed by atoms with Gasteiger partial charge in [0, 0.05) is 6.42 Å². The van der Waals surface area contributed by atoms with E-state index in [-0.39, 0.29) is 6.42 Å². The molecule has 0 radical (unpaired) electrons. The van der Waals surface area contributed by atoms with Crippen LogP contribution in [-0.2, 0) is 16.6 Å². The maximum Gasteiger partial charge on any atom is 0.303 e. The van der Waals surface area contributed by atoms with Crippen molar-refractivity contribution in [3.63, 3.8) is 0 Å². The molecule has 9 heavy (non-hydrogen) atoms. The fourth-order valence-electron chi connectivity index (χ4n) is 0.365. The second-order valence-electron chi connectivity index (χ2n) is 2.44. The second kappa shape index (κ2) is 3.33. The summed E-state index contributed by atoms with van der Waals surface area (Å²) in [7, 11) is 0. The minimum atomic E-state index is -1.27. The molecule has 0 aromatic carbocycles. The van der Waals surface area contributed by atoms with Crippen molar-refractivity contribution in [3.05, 3.63) is 0 Å². The fraction of sp³-hybridized carbons (Fsp3) is 0.800. The minimum absolute atomic E-state index is 0.226. The fourth-order valence-corrected chi connectivity index (χ4v) is 1.37. The Bertz CT molecular complexity index is 149. The predicted molar refractivity (Wildman–Crippen MR) is 43.3 cm³/mol. The van der Waals surface area contributed by atoms with Gasteiger partial charge in [0.2, 0.25) is 0 Å². The molecule has 54 valence electrons. The maximum atomic E-state index is 10.0. The highest BCUT2D eigenvalue weighted by Gasteiger charge is 2.04. The highest BCUT2D eigenvalue weighted by molar-refractivity contribution is 8.14. The van der Waals surface area contributed by atoms with Crippen molar-refractivity contribution >= 4 is 23.8 Å². The van der Waals surface area contributed by atoms with E-state index in [1.54, 1.807) is 0 Å². The standard InChI is InChI=1S/C5H11O2PS/c1-8(2,9)4-3-5(6)7/h3-4H2,1-2H3,(H,6,7). The Morgan fingerprint density at radius 2 is 2.11 bits per heavy atom. The minimum Gasteiger partial charge on any atom is -0.481 e. The molecule has 4 heteroatoms. The molecule has 0 fully saturated rings. The lowest BCUT2D eigenvalue weighted by Gasteiger charge is -2.05. The number of aliphatic carboxylic acids is 1. The molecule has 2 nitrogen and oxygen atoms in total. The largest absolute Gasteiger partial charge is 0.481 e. The molecule has 0 aliphatic rings. The quantitative estimate of drug-likeness (QED) is 0.640. The second-order valence-corrected chi connectivity index (χ2v) is 9.00. The third kappa shape index (κ3) is 8.12. The summed E-state index contributed by atoms with van der Waals surface area (Å²) in [5.41, 5.74) is 0. The van der Waals surface area contributed by atoms with E-state index in [1.165, 1.54) is 0 Å². The molecular formula is C5H11O2PS. The number of rotatable bonds is 3. The van der Waals surface area contributed by atoms with Crippen LogP contribution in [0.15, 0.2) is 0 Å². The van der Waals surface area contributed by atoms with Crippen LogP contribution < -0.4 is 0 Å². The van der Waals surface area contributed by atoms with Crippen LogP contribution in [0.25, 0.3) is 0 Å². The van der Waals surface area contributed by atoms with Gasteiger partial charge < -0.3 is 5.11 Å². The van der Waals surface area contributed by atoms with Gasteiger partial charge in [0.25, 0.3) is 0 Å². The third-order valence-electron chi connectivity index (χ3n) is 0.864. The van der Waals surface area contributed by atoms with Gasteiger partial charge in [0.1, 0.15) is 0 Å². The van der Waals surface area contributed by atoms with Crippen LogP contribution in [0.2, 0.25) is 0 Å². The van der Waals surface area contributed by atoms with Gasteiger partial charge in [0.05, 0.1) is 0 Å². The monoisotopic (exact) mass is 166 g/mol. The summed E-state index contributed by atoms with van der Waals surface area (Å²) >= 11 is 5.05. The van der Waals surface area contributed by atoms with Gasteiger partial charge in [-0.15, -0.1) is 0 Å². The summed E-state index contributed by atoms with van der Waals surface area (Å²) < 4.78 is 0. The van der Waals surface area contributed by atoms with Crippen molar-refractivity contribution in [2.75, 3.05) is 19.5 Å². The van der Waals surface area contributed by atoms with E-state index in [0.717, 1.165) is 0 Å². The van der Waals surface area contributed by atoms with E-state index in [1.807, 2.05) is 13.3 Å². The van der Waals surface area contributed by atoms with Gasteiger partial charge in [-0.3, -0.25) is 4.79 Å². The van der Waals surface area contributed by atoms with Crippen molar-refractivity contribution in [3.8, 4) is 0 Å². The number of carboxylic acid groups (broad SMARTS) is 1. The maximum absolute atomic E-state index is 10.0. The predicted octanol–water partition coefficient (Wildman–Crippen LogP) is 1.20. The molecule has 0 aromatic rings. The molecular weight excluding hydrogens is 155 g/mol. The van der Waals surface area contributed by atoms with Gasteiger partial charge in [-0.2, -0.15) is 0 Å². The topological polar surface area (TPSA) is 37.3 Å². The Balaban J connectivity index is 3.53. The van der Waals surface area contributed by atoms with Crippen LogP contribution in [0.5, 0.6) is 0 Å². The molecule has 1 N–H and O–H groups in total. The third-order valence-corrected chi connectivity index (χ3v) is 2.71. The molecule has 0 amide bonds. The first kappa shape index (κ1) is 9.12. The molecule has 0 saturated heterocycles. The molecule has 0 aromatic heterocycles. The Kier molecular flexibility index (Phi) is 3.37. The number of hydrogen-bond donors (Lipinski definition) is 1. The van der Waals surface area contributed by atoms with Crippen LogP contribution in [0.1, 0.15) is 6.42 Å². The average Bonchev–Trinajstić information content (AvgIpc) is 1.59. The summed E-state index contributed by atoms with van der Waals surface area (Å²) in [6.45, 7) is 3.93. The van der Waals surface area contributed by atoms with Crippen molar-refractivity contribution in [2.45, 2.75) is 6.42 Å². The molecule has 0 heterocycles. The molecule has 0 aliphatic carbocycles. The van der Waals surface area contributed by atoms with Gasteiger partial charge >= 0.3 is 5.97 Å². The van der Waals surface area contributed by atoms with E-state index >= 15 is 0 Å². The molecule has 0 saturated carbocycles. The van der Waals surface area contributed by atoms with E-state index in [4.69, 9.17) is 16.9 Å². The molecule has 0 atom stereocenters. The van der Waals surface area contributed by atoms with Crippen LogP contribution in [0.3, 0.4) is 0 Å². The molecule has 0 unspecified atom stereocenters. The van der Waals surface area contributed by atoms with E-state index in [0.29, 0.717) is 6.16 Å². The Morgan fingerprint density at radius 1 is 1.67 bits per heavy atom. The lowest BCUT2D eigenvalue weighted by molar-refractivity contribution is -0.136. The lowest BCUT2D eigenvalue weighted by atomic mass is 10.5. The Labute approximate surface area is 60.3 Å². The molecule has 0 rings (SSSR count). The first-order valence-corrected chi connectivity index (χ1v) is 6.56. The Morgan fingerprint density at radius 3 is 2.22 bits per heavy atom. The zero-order valence-electron chi connectivity index (χ0n) is 5.63. The molecule has 0 spiro atoms. The van der Waals surface area contributed by atoms with Crippen molar-refractivity contribution in [2.24, 2.45) is 0 Å². The van der Waals surface area contributed by atoms with Gasteiger partial charge in [0.15, 0.2) is 0 Å². The number of carboxylic acids is 1. The zero-order chi connectivity index (χ0) is 7.49. The van der Waals surface area contributed by atoms with Crippen LogP contribution in [0, 0.1) is 0 Å². The summed E-state index contributed by atoms with van der Waals surface area (Å²) in [4.78, 5) is 10.0. The van der Waals surface area contributed by atoms with Crippen LogP contribution in [-0.4, -0.2) is 30.6 Å². The van der Waals surface area contributed by atoms with Crippen molar-refractivity contribution in [1.82, 2.24) is 0 Å². The van der Waals surface area contributed by atoms with Crippen LogP contribution >= 0.6 is 6.04 Å². The average molecular weight is 166 g/mol. The Hall–Kier alpha value is 0.120. The zero-order valence-corrected chi connectivity index (χ0v) is 7.34. The van der Waals surface area contributed by atoms with E-state index in [2.05, 4.69) is 0 Å². The van der Waals surface area contributed by atoms with Crippen LogP contribution in [0.4, 0.5) is 0 Å². The summed E-state index contributed by atoms with van der Waals surface area (Å²) in [5, 5.41) is 8.25. The first-order valence-electron chi connectivity index (χ1n) is 2.67. The lowest BCUT2D eigenvalue weighted by Crippen LogP contribution is -1.98. The highest BCUT2D eigenvalue weighted by atomic mass is 32.4. The number of carbonyl (C=O) groups is 1. The molecule has 0 bridgehead atoms. The first-order chi connectivity index (χ1) is 3.92. The number of hydrogen-bond acceptors (Lipinski definition) is 2. The summed E-state index contributed by atoms with van der Waals surface area (Å²) in [6.07, 6.45) is 0.905. The summed E-state index contributed by atoms with van der Waals surface area (Å²) in [5.74, 6) is -0.743. The normalized spacial score (nSPS) is 11.3. The van der Waals surface area contributed by atoms with Gasteiger partial charge in [-0.1, -0.05) is 11.8 Å². The van der Waals surface area contributed by atoms with Crippen molar-refractivity contribution < 1.29 is 9.90 Å². The van der Waals surface area contributed by atoms with E-state index in [9.17, 15) is 4.79 Å². The van der Waals surface area contributed by atoms with Gasteiger partial charge in [-0.05, 0) is 25.5 Å². The smallest absolute Gasteiger partial charge is 0.303 e. The van der Waals surface area contributed by atoms with Gasteiger partial charge in [-0.25, -0.2) is 0 Å². The SMILES string of the molecule is CP(C)(=S)CCC(=O)O. The van der Waals surface area contributed by atoms with E-state index < -0.39 is 12.0 Å². The highest BCUT2D eigenvalue weighted by Crippen LogP contribution is 2.36. The summed E-state index contributed by atoms with van der Waals surface area (Å²) in [6, 6.07) is -1.27.